The van der Waals surface area contributed by atoms with Crippen LogP contribution < -0.4 is 26.2 Å². The molecule has 8 rings (SSSR count). The number of para-hydroxylation sites is 3. The van der Waals surface area contributed by atoms with E-state index in [1.807, 2.05) is 0 Å². The molecule has 0 amide bonds. The minimum Gasteiger partial charge on any atom is -0.311 e. The highest BCUT2D eigenvalue weighted by Crippen LogP contribution is 2.46. The summed E-state index contributed by atoms with van der Waals surface area (Å²) in [7, 11) is 0. The molecule has 3 heteroatoms. The highest BCUT2D eigenvalue weighted by atomic mass is 15.2. The fourth-order valence-electron chi connectivity index (χ4n) is 7.73. The molecule has 5 aromatic carbocycles. The van der Waals surface area contributed by atoms with E-state index in [4.69, 9.17) is 0 Å². The second-order valence-corrected chi connectivity index (χ2v) is 12.6. The largest absolute Gasteiger partial charge is 0.311 e. The van der Waals surface area contributed by atoms with Crippen LogP contribution in [0.4, 0.5) is 34.1 Å². The van der Waals surface area contributed by atoms with E-state index in [1.54, 1.807) is 0 Å². The van der Waals surface area contributed by atoms with Crippen LogP contribution in [-0.2, 0) is 0 Å². The van der Waals surface area contributed by atoms with Gasteiger partial charge in [0.25, 0.3) is 6.71 Å². The van der Waals surface area contributed by atoms with E-state index in [-0.39, 0.29) is 6.71 Å². The molecule has 0 atom stereocenters. The van der Waals surface area contributed by atoms with Gasteiger partial charge < -0.3 is 9.80 Å². The molecule has 2 heterocycles. The normalized spacial score (nSPS) is 15.8. The first-order valence-corrected chi connectivity index (χ1v) is 15.8. The molecular formula is C39H37BN2. The van der Waals surface area contributed by atoms with Gasteiger partial charge in [0.15, 0.2) is 0 Å². The van der Waals surface area contributed by atoms with Crippen LogP contribution in [-0.4, -0.2) is 6.71 Å². The Balaban J connectivity index is 1.48. The molecule has 5 aromatic rings. The number of hydrogen-bond donors (Lipinski definition) is 0. The maximum atomic E-state index is 2.56. The van der Waals surface area contributed by atoms with Gasteiger partial charge in [-0.3, -0.25) is 0 Å². The molecule has 1 fully saturated rings. The molecule has 0 unspecified atom stereocenters. The molecule has 1 aliphatic carbocycles. The Bertz CT molecular complexity index is 1740. The number of hydrogen-bond acceptors (Lipinski definition) is 2. The summed E-state index contributed by atoms with van der Waals surface area (Å²) in [6, 6.07) is 43.5. The predicted molar refractivity (Wildman–Crippen MR) is 180 cm³/mol. The lowest BCUT2D eigenvalue weighted by atomic mass is 9.33. The summed E-state index contributed by atoms with van der Waals surface area (Å²) in [5, 5.41) is 0. The summed E-state index contributed by atoms with van der Waals surface area (Å²) in [5.41, 5.74) is 14.8. The average Bonchev–Trinajstić information content (AvgIpc) is 3.05. The summed E-state index contributed by atoms with van der Waals surface area (Å²) >= 11 is 0. The molecule has 206 valence electrons. The monoisotopic (exact) mass is 544 g/mol. The number of anilines is 6. The molecule has 0 aromatic heterocycles. The standard InChI is InChI=1S/C39H37BN2/c1-27(2)29-22-23-36-34(24-29)40-33-20-12-13-21-35(33)41(31-16-8-4-9-17-31)37-25-30(28-14-6-3-7-15-28)26-38(39(37)40)42(36)32-18-10-5-11-19-32/h4-5,8-13,16-28H,3,6-7,14-15H2,1-2H3. The fraction of sp³-hybridized carbons (Fsp3) is 0.231. The van der Waals surface area contributed by atoms with E-state index in [0.29, 0.717) is 11.8 Å². The van der Waals surface area contributed by atoms with Gasteiger partial charge in [0.2, 0.25) is 0 Å². The summed E-state index contributed by atoms with van der Waals surface area (Å²) in [6.45, 7) is 4.79. The first-order valence-electron chi connectivity index (χ1n) is 15.8. The Labute approximate surface area is 250 Å². The molecule has 0 radical (unpaired) electrons. The van der Waals surface area contributed by atoms with Crippen molar-refractivity contribution in [3.8, 4) is 0 Å². The Hall–Kier alpha value is -4.24. The van der Waals surface area contributed by atoms with Crippen LogP contribution in [0, 0.1) is 0 Å². The molecule has 0 bridgehead atoms. The molecule has 0 saturated heterocycles. The van der Waals surface area contributed by atoms with Crippen LogP contribution in [0.2, 0.25) is 0 Å². The van der Waals surface area contributed by atoms with E-state index in [0.717, 1.165) is 0 Å². The van der Waals surface area contributed by atoms with E-state index < -0.39 is 0 Å². The third-order valence-corrected chi connectivity index (χ3v) is 9.79. The minimum atomic E-state index is 0.181. The SMILES string of the molecule is CC(C)c1ccc2c(c1)B1c3ccccc3N(c3ccccc3)c3cc(C4CCCCC4)cc(c31)N2c1ccccc1. The van der Waals surface area contributed by atoms with Crippen molar-refractivity contribution in [2.24, 2.45) is 0 Å². The van der Waals surface area contributed by atoms with Crippen molar-refractivity contribution in [1.29, 1.82) is 0 Å². The first-order chi connectivity index (χ1) is 20.7. The van der Waals surface area contributed by atoms with Gasteiger partial charge in [-0.2, -0.15) is 0 Å². The quantitative estimate of drug-likeness (QED) is 0.204. The van der Waals surface area contributed by atoms with Gasteiger partial charge >= 0.3 is 0 Å². The molecular weight excluding hydrogens is 507 g/mol. The number of fused-ring (bicyclic) bond motifs is 4. The molecule has 3 aliphatic rings. The Morgan fingerprint density at radius 2 is 1.14 bits per heavy atom. The van der Waals surface area contributed by atoms with E-state index >= 15 is 0 Å². The third-order valence-electron chi connectivity index (χ3n) is 9.79. The molecule has 0 spiro atoms. The lowest BCUT2D eigenvalue weighted by Gasteiger charge is -2.45. The van der Waals surface area contributed by atoms with Gasteiger partial charge in [-0.1, -0.05) is 99.8 Å². The zero-order valence-electron chi connectivity index (χ0n) is 24.6. The maximum absolute atomic E-state index is 2.56. The zero-order valence-corrected chi connectivity index (χ0v) is 24.6. The summed E-state index contributed by atoms with van der Waals surface area (Å²) in [6.07, 6.45) is 6.58. The lowest BCUT2D eigenvalue weighted by Crippen LogP contribution is -2.61. The van der Waals surface area contributed by atoms with Crippen LogP contribution in [0.3, 0.4) is 0 Å². The highest BCUT2D eigenvalue weighted by Gasteiger charge is 2.43. The molecule has 0 N–H and O–H groups in total. The van der Waals surface area contributed by atoms with Crippen LogP contribution >= 0.6 is 0 Å². The van der Waals surface area contributed by atoms with Crippen molar-refractivity contribution in [3.05, 3.63) is 126 Å². The number of benzene rings is 5. The van der Waals surface area contributed by atoms with Crippen LogP contribution in [0.5, 0.6) is 0 Å². The van der Waals surface area contributed by atoms with E-state index in [9.17, 15) is 0 Å². The van der Waals surface area contributed by atoms with Crippen LogP contribution in [0.15, 0.2) is 115 Å². The Kier molecular flexibility index (Phi) is 6.21. The van der Waals surface area contributed by atoms with Gasteiger partial charge in [0, 0.05) is 34.1 Å². The van der Waals surface area contributed by atoms with Gasteiger partial charge in [0.1, 0.15) is 0 Å². The zero-order chi connectivity index (χ0) is 28.2. The van der Waals surface area contributed by atoms with Crippen molar-refractivity contribution >= 4 is 57.2 Å². The molecule has 2 nitrogen and oxygen atoms in total. The van der Waals surface area contributed by atoms with Crippen molar-refractivity contribution in [2.75, 3.05) is 9.80 Å². The summed E-state index contributed by atoms with van der Waals surface area (Å²) in [5.74, 6) is 1.07. The third kappa shape index (κ3) is 4.01. The molecule has 2 aliphatic heterocycles. The van der Waals surface area contributed by atoms with Gasteiger partial charge in [-0.25, -0.2) is 0 Å². The summed E-state index contributed by atoms with van der Waals surface area (Å²) < 4.78 is 0. The van der Waals surface area contributed by atoms with Crippen molar-refractivity contribution in [1.82, 2.24) is 0 Å². The second-order valence-electron chi connectivity index (χ2n) is 12.6. The van der Waals surface area contributed by atoms with Crippen LogP contribution in [0.1, 0.15) is 68.9 Å². The Morgan fingerprint density at radius 3 is 1.76 bits per heavy atom. The molecule has 42 heavy (non-hydrogen) atoms. The van der Waals surface area contributed by atoms with Crippen LogP contribution in [0.25, 0.3) is 0 Å². The molecule has 1 saturated carbocycles. The maximum Gasteiger partial charge on any atom is 0.252 e. The summed E-state index contributed by atoms with van der Waals surface area (Å²) in [4.78, 5) is 5.09. The van der Waals surface area contributed by atoms with Crippen molar-refractivity contribution in [3.63, 3.8) is 0 Å². The minimum absolute atomic E-state index is 0.181. The average molecular weight is 545 g/mol. The second kappa shape index (κ2) is 10.2. The van der Waals surface area contributed by atoms with Crippen molar-refractivity contribution < 1.29 is 0 Å². The smallest absolute Gasteiger partial charge is 0.252 e. The van der Waals surface area contributed by atoms with Gasteiger partial charge in [0.05, 0.1) is 0 Å². The number of rotatable bonds is 4. The van der Waals surface area contributed by atoms with Crippen molar-refractivity contribution in [2.45, 2.75) is 57.8 Å². The van der Waals surface area contributed by atoms with Gasteiger partial charge in [-0.05, 0) is 101 Å². The topological polar surface area (TPSA) is 6.48 Å². The first kappa shape index (κ1) is 25.5. The van der Waals surface area contributed by atoms with Gasteiger partial charge in [-0.15, -0.1) is 0 Å². The fourth-order valence-corrected chi connectivity index (χ4v) is 7.73. The Morgan fingerprint density at radius 1 is 0.571 bits per heavy atom. The lowest BCUT2D eigenvalue weighted by molar-refractivity contribution is 0.444. The van der Waals surface area contributed by atoms with E-state index in [2.05, 4.69) is 139 Å². The number of nitrogens with zero attached hydrogens (tertiary/aromatic N) is 2. The predicted octanol–water partition coefficient (Wildman–Crippen LogP) is 8.94. The highest BCUT2D eigenvalue weighted by molar-refractivity contribution is 7.00. The van der Waals surface area contributed by atoms with E-state index in [1.165, 1.54) is 93.7 Å².